The van der Waals surface area contributed by atoms with E-state index in [0.29, 0.717) is 17.0 Å². The van der Waals surface area contributed by atoms with Crippen LogP contribution in [0.1, 0.15) is 63.0 Å². The lowest BCUT2D eigenvalue weighted by Gasteiger charge is -2.32. The van der Waals surface area contributed by atoms with E-state index in [-0.39, 0.29) is 28.2 Å². The van der Waals surface area contributed by atoms with Crippen molar-refractivity contribution in [1.82, 2.24) is 9.69 Å². The van der Waals surface area contributed by atoms with Gasteiger partial charge in [-0.15, -0.1) is 0 Å². The van der Waals surface area contributed by atoms with E-state index in [2.05, 4.69) is 9.69 Å². The number of carbonyl (C=O) groups is 3. The number of aromatic nitrogens is 1. The van der Waals surface area contributed by atoms with Crippen molar-refractivity contribution in [3.8, 4) is 5.75 Å². The molecule has 36 heavy (non-hydrogen) atoms. The normalized spacial score (nSPS) is 14.3. The first-order valence-electron chi connectivity index (χ1n) is 11.7. The zero-order chi connectivity index (χ0) is 25.8. The van der Waals surface area contributed by atoms with Crippen molar-refractivity contribution >= 4 is 40.6 Å². The van der Waals surface area contributed by atoms with Crippen LogP contribution in [0.5, 0.6) is 5.75 Å². The average molecular weight is 508 g/mol. The van der Waals surface area contributed by atoms with Gasteiger partial charge in [0.25, 0.3) is 11.8 Å². The topological polar surface area (TPSA) is 141 Å². The van der Waals surface area contributed by atoms with Crippen LogP contribution < -0.4 is 26.4 Å². The van der Waals surface area contributed by atoms with Crippen molar-refractivity contribution in [2.45, 2.75) is 44.7 Å². The van der Waals surface area contributed by atoms with E-state index in [1.165, 1.54) is 4.90 Å². The van der Waals surface area contributed by atoms with Gasteiger partial charge in [-0.05, 0) is 66.7 Å². The molecular weight excluding hydrogens is 478 g/mol. The number of nitrogens with two attached hydrogens (primary N) is 2. The zero-order valence-electron chi connectivity index (χ0n) is 20.2. The fraction of sp³-hybridized carbons (Fsp3) is 0.308. The summed E-state index contributed by atoms with van der Waals surface area (Å²) in [6.07, 6.45) is 3.88. The van der Waals surface area contributed by atoms with Crippen molar-refractivity contribution in [1.29, 1.82) is 0 Å². The van der Waals surface area contributed by atoms with Gasteiger partial charge < -0.3 is 21.5 Å². The molecule has 3 aromatic rings. The molecule has 2 aromatic carbocycles. The summed E-state index contributed by atoms with van der Waals surface area (Å²) in [6.45, 7) is 1.90. The monoisotopic (exact) mass is 507 g/mol. The van der Waals surface area contributed by atoms with Gasteiger partial charge in [-0.2, -0.15) is 4.37 Å². The summed E-state index contributed by atoms with van der Waals surface area (Å²) in [7, 11) is 1.56. The second-order valence-electron chi connectivity index (χ2n) is 8.82. The number of nitrogens with one attached hydrogen (secondary N) is 1. The second-order valence-corrected chi connectivity index (χ2v) is 9.59. The second kappa shape index (κ2) is 10.8. The van der Waals surface area contributed by atoms with E-state index < -0.39 is 17.9 Å². The van der Waals surface area contributed by atoms with Crippen molar-refractivity contribution < 1.29 is 19.1 Å². The largest absolute Gasteiger partial charge is 0.497 e. The molecule has 1 heterocycles. The lowest BCUT2D eigenvalue weighted by molar-refractivity contribution is -0.123. The third-order valence-corrected chi connectivity index (χ3v) is 7.14. The van der Waals surface area contributed by atoms with E-state index in [4.69, 9.17) is 16.2 Å². The number of ether oxygens (including phenoxy) is 1. The Morgan fingerprint density at radius 3 is 2.42 bits per heavy atom. The van der Waals surface area contributed by atoms with Crippen LogP contribution in [0.4, 0.5) is 11.4 Å². The number of rotatable bonds is 8. The first-order chi connectivity index (χ1) is 17.3. The fourth-order valence-electron chi connectivity index (χ4n) is 4.45. The molecule has 1 fully saturated rings. The highest BCUT2D eigenvalue weighted by Crippen LogP contribution is 2.34. The molecule has 4 rings (SSSR count). The smallest absolute Gasteiger partial charge is 0.273 e. The molecule has 188 valence electrons. The quantitative estimate of drug-likeness (QED) is 0.426. The van der Waals surface area contributed by atoms with Gasteiger partial charge in [0, 0.05) is 11.7 Å². The van der Waals surface area contributed by atoms with Gasteiger partial charge in [0.05, 0.1) is 12.8 Å². The van der Waals surface area contributed by atoms with E-state index >= 15 is 0 Å². The summed E-state index contributed by atoms with van der Waals surface area (Å²) in [5, 5.41) is 3.13. The summed E-state index contributed by atoms with van der Waals surface area (Å²) in [4.78, 5) is 41.1. The molecule has 1 unspecified atom stereocenters. The van der Waals surface area contributed by atoms with Gasteiger partial charge in [0.15, 0.2) is 5.69 Å². The number of aryl methyl sites for hydroxylation is 1. The number of anilines is 2. The maximum atomic E-state index is 14.1. The van der Waals surface area contributed by atoms with Gasteiger partial charge in [-0.25, -0.2) is 0 Å². The Hall–Kier alpha value is -3.92. The van der Waals surface area contributed by atoms with Gasteiger partial charge >= 0.3 is 0 Å². The zero-order valence-corrected chi connectivity index (χ0v) is 21.0. The highest BCUT2D eigenvalue weighted by molar-refractivity contribution is 7.09. The summed E-state index contributed by atoms with van der Waals surface area (Å²) < 4.78 is 9.28. The first-order valence-corrected chi connectivity index (χ1v) is 12.5. The summed E-state index contributed by atoms with van der Waals surface area (Å²) in [5.41, 5.74) is 13.2. The Morgan fingerprint density at radius 2 is 1.83 bits per heavy atom. The van der Waals surface area contributed by atoms with Crippen molar-refractivity contribution in [3.63, 3.8) is 0 Å². The average Bonchev–Trinajstić information content (AvgIpc) is 3.51. The van der Waals surface area contributed by atoms with Crippen LogP contribution in [0.15, 0.2) is 48.5 Å². The molecule has 0 bridgehead atoms. The van der Waals surface area contributed by atoms with Crippen LogP contribution in [-0.2, 0) is 4.79 Å². The Morgan fingerprint density at radius 1 is 1.14 bits per heavy atom. The lowest BCUT2D eigenvalue weighted by atomic mass is 10.0. The van der Waals surface area contributed by atoms with E-state index in [1.807, 2.05) is 25.1 Å². The Bertz CT molecular complexity index is 1270. The number of nitrogens with zero attached hydrogens (tertiary/aromatic N) is 2. The number of hydrogen-bond donors (Lipinski definition) is 3. The maximum Gasteiger partial charge on any atom is 0.273 e. The van der Waals surface area contributed by atoms with E-state index in [9.17, 15) is 14.4 Å². The minimum absolute atomic E-state index is 0.0393. The van der Waals surface area contributed by atoms with Gasteiger partial charge in [-0.1, -0.05) is 37.1 Å². The Labute approximate surface area is 213 Å². The number of primary amides is 1. The number of hydrogen-bond acceptors (Lipinski definition) is 7. The summed E-state index contributed by atoms with van der Waals surface area (Å²) in [5.74, 6) is -1.05. The van der Waals surface area contributed by atoms with Crippen LogP contribution in [-0.4, -0.2) is 35.2 Å². The fourth-order valence-corrected chi connectivity index (χ4v) is 5.20. The minimum Gasteiger partial charge on any atom is -0.497 e. The predicted octanol–water partition coefficient (Wildman–Crippen LogP) is 3.59. The van der Waals surface area contributed by atoms with Crippen molar-refractivity contribution in [2.24, 2.45) is 5.73 Å². The maximum absolute atomic E-state index is 14.1. The van der Waals surface area contributed by atoms with Crippen molar-refractivity contribution in [3.05, 3.63) is 70.2 Å². The van der Waals surface area contributed by atoms with E-state index in [0.717, 1.165) is 42.8 Å². The molecule has 10 heteroatoms. The standard InChI is InChI=1S/C26H29N5O4S/c1-15-6-5-9-18(14-15)31(26(34)23-20(27)21(24(28)32)30-36-23)22(16-10-12-19(35-2)13-11-16)25(33)29-17-7-3-4-8-17/h5-6,9-14,17,22H,3-4,7-8,27H2,1-2H3,(H2,28,32)(H,29,33). The summed E-state index contributed by atoms with van der Waals surface area (Å²) in [6, 6.07) is 13.4. The van der Waals surface area contributed by atoms with Crippen LogP contribution in [0, 0.1) is 6.92 Å². The Balaban J connectivity index is 1.85. The highest BCUT2D eigenvalue weighted by atomic mass is 32.1. The molecule has 0 radical (unpaired) electrons. The minimum atomic E-state index is -1.01. The van der Waals surface area contributed by atoms with Crippen molar-refractivity contribution in [2.75, 3.05) is 17.7 Å². The van der Waals surface area contributed by atoms with Crippen LogP contribution in [0.25, 0.3) is 0 Å². The molecule has 3 amide bonds. The molecule has 1 aliphatic rings. The third kappa shape index (κ3) is 5.18. The van der Waals surface area contributed by atoms with Crippen LogP contribution >= 0.6 is 11.5 Å². The first kappa shape index (κ1) is 25.2. The van der Waals surface area contributed by atoms with Crippen LogP contribution in [0.2, 0.25) is 0 Å². The molecule has 1 aromatic heterocycles. The molecule has 0 spiro atoms. The van der Waals surface area contributed by atoms with Crippen LogP contribution in [0.3, 0.4) is 0 Å². The predicted molar refractivity (Wildman–Crippen MR) is 139 cm³/mol. The molecular formula is C26H29N5O4S. The number of benzene rings is 2. The molecule has 9 nitrogen and oxygen atoms in total. The lowest BCUT2D eigenvalue weighted by Crippen LogP contribution is -2.46. The third-order valence-electron chi connectivity index (χ3n) is 6.29. The van der Waals surface area contributed by atoms with Gasteiger partial charge in [0.2, 0.25) is 5.91 Å². The molecule has 0 saturated heterocycles. The SMILES string of the molecule is COc1ccc(C(C(=O)NC2CCCC2)N(C(=O)c2snc(C(N)=O)c2N)c2cccc(C)c2)cc1. The molecule has 5 N–H and O–H groups in total. The molecule has 0 aliphatic heterocycles. The Kier molecular flexibility index (Phi) is 7.54. The number of amides is 3. The molecule has 1 saturated carbocycles. The van der Waals surface area contributed by atoms with Gasteiger partial charge in [0.1, 0.15) is 16.7 Å². The van der Waals surface area contributed by atoms with Gasteiger partial charge in [-0.3, -0.25) is 19.3 Å². The number of methoxy groups -OCH3 is 1. The highest BCUT2D eigenvalue weighted by Gasteiger charge is 2.37. The number of nitrogen functional groups attached to an aromatic ring is 1. The molecule has 1 aliphatic carbocycles. The number of carbonyl (C=O) groups excluding carboxylic acids is 3. The summed E-state index contributed by atoms with van der Waals surface area (Å²) >= 11 is 0.784. The molecule has 1 atom stereocenters. The van der Waals surface area contributed by atoms with E-state index in [1.54, 1.807) is 37.4 Å².